The first kappa shape index (κ1) is 17.7. The fourth-order valence-electron chi connectivity index (χ4n) is 4.27. The van der Waals surface area contributed by atoms with Gasteiger partial charge in [0.05, 0.1) is 17.4 Å². The lowest BCUT2D eigenvalue weighted by molar-refractivity contribution is 0.215. The number of para-hydroxylation sites is 1. The Hall–Kier alpha value is -3.34. The number of fused-ring (bicyclic) bond motifs is 2. The number of hydrogen-bond donors (Lipinski definition) is 1. The minimum atomic E-state index is -0.520. The number of ether oxygens (including phenoxy) is 1. The van der Waals surface area contributed by atoms with Crippen LogP contribution in [0.2, 0.25) is 0 Å². The minimum absolute atomic E-state index is 0.520. The molecule has 2 aromatic heterocycles. The van der Waals surface area contributed by atoms with Gasteiger partial charge in [0.15, 0.2) is 0 Å². The topological polar surface area (TPSA) is 56.1 Å². The molecule has 0 radical (unpaired) electrons. The lowest BCUT2D eigenvalue weighted by Crippen LogP contribution is -2.16. The first-order valence-corrected chi connectivity index (χ1v) is 10.2. The molecular weight excluding hydrogens is 362 g/mol. The normalized spacial score (nSPS) is 14.9. The summed E-state index contributed by atoms with van der Waals surface area (Å²) in [5, 5.41) is 4.82. The van der Waals surface area contributed by atoms with Crippen LogP contribution in [0.1, 0.15) is 38.1 Å². The zero-order chi connectivity index (χ0) is 19.6. The second-order valence-electron chi connectivity index (χ2n) is 7.67. The van der Waals surface area contributed by atoms with Gasteiger partial charge in [-0.1, -0.05) is 37.5 Å². The maximum atomic E-state index is 12.3. The molecule has 1 amide bonds. The molecule has 0 saturated heterocycles. The first-order valence-electron chi connectivity index (χ1n) is 10.2. The van der Waals surface area contributed by atoms with Crippen molar-refractivity contribution in [3.05, 3.63) is 67.0 Å². The Bertz CT molecular complexity index is 1180. The highest BCUT2D eigenvalue weighted by Gasteiger charge is 2.17. The standard InChI is InChI=1S/C24H23N3O2/c28-24(26-19-14-17-6-4-5-9-22(17)25-16-19)29-21-10-11-23-18(15-21)12-13-27(23)20-7-2-1-3-8-20/h4-6,9-16,20H,1-3,7-8H2,(H,26,28). The molecule has 5 heteroatoms. The van der Waals surface area contributed by atoms with Gasteiger partial charge in [0, 0.05) is 28.5 Å². The van der Waals surface area contributed by atoms with Crippen LogP contribution in [-0.4, -0.2) is 15.6 Å². The predicted molar refractivity (Wildman–Crippen MR) is 115 cm³/mol. The Balaban J connectivity index is 1.30. The molecular formula is C24H23N3O2. The number of carbonyl (C=O) groups excluding carboxylic acids is 1. The van der Waals surface area contributed by atoms with E-state index in [9.17, 15) is 4.79 Å². The van der Waals surface area contributed by atoms with Crippen molar-refractivity contribution in [2.75, 3.05) is 5.32 Å². The summed E-state index contributed by atoms with van der Waals surface area (Å²) in [4.78, 5) is 16.7. The Morgan fingerprint density at radius 3 is 2.76 bits per heavy atom. The van der Waals surface area contributed by atoms with E-state index in [0.29, 0.717) is 17.5 Å². The molecule has 2 heterocycles. The average Bonchev–Trinajstić information content (AvgIpc) is 3.17. The third-order valence-corrected chi connectivity index (χ3v) is 5.71. The summed E-state index contributed by atoms with van der Waals surface area (Å²) in [7, 11) is 0. The molecule has 146 valence electrons. The van der Waals surface area contributed by atoms with Crippen molar-refractivity contribution < 1.29 is 9.53 Å². The van der Waals surface area contributed by atoms with Crippen LogP contribution >= 0.6 is 0 Å². The van der Waals surface area contributed by atoms with Gasteiger partial charge < -0.3 is 9.30 Å². The predicted octanol–water partition coefficient (Wildman–Crippen LogP) is 6.31. The van der Waals surface area contributed by atoms with Crippen molar-refractivity contribution in [2.45, 2.75) is 38.1 Å². The fraction of sp³-hybridized carbons (Fsp3) is 0.250. The zero-order valence-electron chi connectivity index (χ0n) is 16.2. The highest BCUT2D eigenvalue weighted by atomic mass is 16.6. The number of anilines is 1. The summed E-state index contributed by atoms with van der Waals surface area (Å²) in [6.45, 7) is 0. The molecule has 1 saturated carbocycles. The third kappa shape index (κ3) is 3.68. The van der Waals surface area contributed by atoms with Gasteiger partial charge in [-0.15, -0.1) is 0 Å². The van der Waals surface area contributed by atoms with Gasteiger partial charge >= 0.3 is 6.09 Å². The SMILES string of the molecule is O=C(Nc1cnc2ccccc2c1)Oc1ccc2c(ccn2C2CCCCC2)c1. The molecule has 0 spiro atoms. The molecule has 29 heavy (non-hydrogen) atoms. The molecule has 0 bridgehead atoms. The monoisotopic (exact) mass is 385 g/mol. The number of amides is 1. The fourth-order valence-corrected chi connectivity index (χ4v) is 4.27. The van der Waals surface area contributed by atoms with Crippen LogP contribution < -0.4 is 10.1 Å². The molecule has 0 aliphatic heterocycles. The smallest absolute Gasteiger partial charge is 0.410 e. The van der Waals surface area contributed by atoms with Crippen molar-refractivity contribution in [1.82, 2.24) is 9.55 Å². The number of nitrogens with one attached hydrogen (secondary N) is 1. The number of rotatable bonds is 3. The first-order chi connectivity index (χ1) is 14.3. The van der Waals surface area contributed by atoms with Gasteiger partial charge in [-0.25, -0.2) is 4.79 Å². The van der Waals surface area contributed by atoms with E-state index in [1.807, 2.05) is 48.5 Å². The van der Waals surface area contributed by atoms with Gasteiger partial charge in [-0.2, -0.15) is 0 Å². The van der Waals surface area contributed by atoms with E-state index in [1.54, 1.807) is 6.20 Å². The number of aromatic nitrogens is 2. The van der Waals surface area contributed by atoms with Gasteiger partial charge in [0.1, 0.15) is 5.75 Å². The van der Waals surface area contributed by atoms with Gasteiger partial charge in [0.2, 0.25) is 0 Å². The number of carbonyl (C=O) groups is 1. The summed E-state index contributed by atoms with van der Waals surface area (Å²) in [5.41, 5.74) is 2.70. The highest BCUT2D eigenvalue weighted by molar-refractivity contribution is 5.90. The molecule has 5 nitrogen and oxygen atoms in total. The van der Waals surface area contributed by atoms with Crippen LogP contribution in [0.5, 0.6) is 5.75 Å². The van der Waals surface area contributed by atoms with Crippen molar-refractivity contribution in [3.63, 3.8) is 0 Å². The van der Waals surface area contributed by atoms with Crippen LogP contribution in [-0.2, 0) is 0 Å². The molecule has 0 atom stereocenters. The third-order valence-electron chi connectivity index (χ3n) is 5.71. The molecule has 2 aromatic carbocycles. The van der Waals surface area contributed by atoms with E-state index in [2.05, 4.69) is 27.1 Å². The molecule has 5 rings (SSSR count). The molecule has 1 aliphatic carbocycles. The summed E-state index contributed by atoms with van der Waals surface area (Å²) < 4.78 is 7.88. The van der Waals surface area contributed by atoms with E-state index < -0.39 is 6.09 Å². The van der Waals surface area contributed by atoms with Crippen molar-refractivity contribution in [1.29, 1.82) is 0 Å². The van der Waals surface area contributed by atoms with E-state index in [-0.39, 0.29) is 0 Å². The van der Waals surface area contributed by atoms with Crippen molar-refractivity contribution in [2.24, 2.45) is 0 Å². The molecule has 1 N–H and O–H groups in total. The molecule has 1 aliphatic rings. The minimum Gasteiger partial charge on any atom is -0.410 e. The van der Waals surface area contributed by atoms with Crippen LogP contribution in [0.4, 0.5) is 10.5 Å². The quantitative estimate of drug-likeness (QED) is 0.450. The van der Waals surface area contributed by atoms with Crippen LogP contribution in [0, 0.1) is 0 Å². The van der Waals surface area contributed by atoms with Crippen molar-refractivity contribution >= 4 is 33.6 Å². The Morgan fingerprint density at radius 2 is 1.86 bits per heavy atom. The number of pyridine rings is 1. The van der Waals surface area contributed by atoms with E-state index >= 15 is 0 Å². The van der Waals surface area contributed by atoms with Crippen LogP contribution in [0.25, 0.3) is 21.8 Å². The second kappa shape index (κ2) is 7.59. The number of nitrogens with zero attached hydrogens (tertiary/aromatic N) is 2. The lowest BCUT2D eigenvalue weighted by atomic mass is 9.95. The molecule has 4 aromatic rings. The van der Waals surface area contributed by atoms with E-state index in [1.165, 1.54) is 37.6 Å². The Kier molecular flexibility index (Phi) is 4.64. The Labute approximate surface area is 169 Å². The number of hydrogen-bond acceptors (Lipinski definition) is 3. The zero-order valence-corrected chi connectivity index (χ0v) is 16.2. The summed E-state index contributed by atoms with van der Waals surface area (Å²) in [5.74, 6) is 0.533. The van der Waals surface area contributed by atoms with Gasteiger partial charge in [0.25, 0.3) is 0 Å². The van der Waals surface area contributed by atoms with E-state index in [0.717, 1.165) is 16.3 Å². The van der Waals surface area contributed by atoms with Crippen LogP contribution in [0.15, 0.2) is 67.0 Å². The maximum Gasteiger partial charge on any atom is 0.417 e. The molecule has 1 fully saturated rings. The van der Waals surface area contributed by atoms with E-state index in [4.69, 9.17) is 4.74 Å². The largest absolute Gasteiger partial charge is 0.417 e. The van der Waals surface area contributed by atoms with Crippen LogP contribution in [0.3, 0.4) is 0 Å². The summed E-state index contributed by atoms with van der Waals surface area (Å²) in [6.07, 6.45) is 9.70. The second-order valence-corrected chi connectivity index (χ2v) is 7.67. The van der Waals surface area contributed by atoms with Gasteiger partial charge in [-0.05, 0) is 49.2 Å². The van der Waals surface area contributed by atoms with Crippen molar-refractivity contribution in [3.8, 4) is 5.75 Å². The molecule has 0 unspecified atom stereocenters. The lowest BCUT2D eigenvalue weighted by Gasteiger charge is -2.24. The Morgan fingerprint density at radius 1 is 1.00 bits per heavy atom. The number of benzene rings is 2. The summed E-state index contributed by atoms with van der Waals surface area (Å²) in [6, 6.07) is 18.2. The van der Waals surface area contributed by atoms with Gasteiger partial charge in [-0.3, -0.25) is 10.3 Å². The highest BCUT2D eigenvalue weighted by Crippen LogP contribution is 2.32. The summed E-state index contributed by atoms with van der Waals surface area (Å²) >= 11 is 0. The average molecular weight is 385 g/mol. The maximum absolute atomic E-state index is 12.3.